The number of hydrogen-bond donors (Lipinski definition) is 1. The molecule has 0 heterocycles. The van der Waals surface area contributed by atoms with Crippen molar-refractivity contribution >= 4 is 0 Å². The average Bonchev–Trinajstić information content (AvgIpc) is 2.07. The Hall–Kier alpha value is -0.300. The molecule has 0 unspecified atom stereocenters. The van der Waals surface area contributed by atoms with Gasteiger partial charge < -0.3 is 5.73 Å². The van der Waals surface area contributed by atoms with Gasteiger partial charge >= 0.3 is 0 Å². The van der Waals surface area contributed by atoms with Crippen molar-refractivity contribution in [1.29, 1.82) is 0 Å². The van der Waals surface area contributed by atoms with E-state index in [1.165, 1.54) is 38.5 Å². The van der Waals surface area contributed by atoms with Crippen molar-refractivity contribution in [2.75, 3.05) is 6.54 Å². The summed E-state index contributed by atoms with van der Waals surface area (Å²) in [6.07, 6.45) is 12.8. The molecule has 64 valence electrons. The predicted octanol–water partition coefficient (Wildman–Crippen LogP) is 2.47. The van der Waals surface area contributed by atoms with Crippen molar-refractivity contribution in [2.45, 2.75) is 38.5 Å². The summed E-state index contributed by atoms with van der Waals surface area (Å²) in [6.45, 7) is 0.701. The first-order valence-electron chi connectivity index (χ1n) is 4.78. The molecule has 11 heavy (non-hydrogen) atoms. The van der Waals surface area contributed by atoms with E-state index in [0.29, 0.717) is 6.54 Å². The van der Waals surface area contributed by atoms with Crippen molar-refractivity contribution in [3.05, 3.63) is 12.2 Å². The Labute approximate surface area is 69.7 Å². The number of hydrogen-bond acceptors (Lipinski definition) is 1. The van der Waals surface area contributed by atoms with Crippen molar-refractivity contribution in [2.24, 2.45) is 11.7 Å². The van der Waals surface area contributed by atoms with Gasteiger partial charge in [0, 0.05) is 6.54 Å². The third-order valence-corrected chi connectivity index (χ3v) is 2.50. The van der Waals surface area contributed by atoms with Crippen LogP contribution in [0.15, 0.2) is 12.2 Å². The second kappa shape index (κ2) is 5.36. The third kappa shape index (κ3) is 3.57. The van der Waals surface area contributed by atoms with Crippen LogP contribution in [0.4, 0.5) is 0 Å². The highest BCUT2D eigenvalue weighted by molar-refractivity contribution is 4.85. The Morgan fingerprint density at radius 1 is 1.09 bits per heavy atom. The summed E-state index contributed by atoms with van der Waals surface area (Å²) in [4.78, 5) is 0. The van der Waals surface area contributed by atoms with Crippen LogP contribution in [0.25, 0.3) is 0 Å². The minimum Gasteiger partial charge on any atom is -0.327 e. The fourth-order valence-electron chi connectivity index (χ4n) is 1.81. The molecule has 0 radical (unpaired) electrons. The quantitative estimate of drug-likeness (QED) is 0.619. The molecule has 0 amide bonds. The average molecular weight is 153 g/mol. The van der Waals surface area contributed by atoms with Crippen LogP contribution in [0, 0.1) is 5.92 Å². The van der Waals surface area contributed by atoms with Crippen LogP contribution >= 0.6 is 0 Å². The molecule has 0 bridgehead atoms. The SMILES string of the molecule is NC/C=C/CC1CCCCC1. The first kappa shape index (κ1) is 8.79. The monoisotopic (exact) mass is 153 g/mol. The van der Waals surface area contributed by atoms with Gasteiger partial charge in [-0.2, -0.15) is 0 Å². The van der Waals surface area contributed by atoms with Gasteiger partial charge in [-0.3, -0.25) is 0 Å². The van der Waals surface area contributed by atoms with Crippen LogP contribution < -0.4 is 5.73 Å². The molecule has 1 saturated carbocycles. The fourth-order valence-corrected chi connectivity index (χ4v) is 1.81. The van der Waals surface area contributed by atoms with Crippen molar-refractivity contribution in [3.63, 3.8) is 0 Å². The van der Waals surface area contributed by atoms with E-state index in [1.807, 2.05) is 0 Å². The van der Waals surface area contributed by atoms with Gasteiger partial charge in [0.15, 0.2) is 0 Å². The van der Waals surface area contributed by atoms with Crippen LogP contribution in [0.5, 0.6) is 0 Å². The number of rotatable bonds is 3. The Balaban J connectivity index is 2.09. The smallest absolute Gasteiger partial charge is 0.0106 e. The normalized spacial score (nSPS) is 21.2. The van der Waals surface area contributed by atoms with E-state index in [4.69, 9.17) is 5.73 Å². The molecular formula is C10H19N. The predicted molar refractivity (Wildman–Crippen MR) is 49.4 cm³/mol. The zero-order valence-electron chi connectivity index (χ0n) is 7.26. The zero-order valence-corrected chi connectivity index (χ0v) is 7.26. The Morgan fingerprint density at radius 2 is 1.82 bits per heavy atom. The van der Waals surface area contributed by atoms with Gasteiger partial charge in [0.25, 0.3) is 0 Å². The summed E-state index contributed by atoms with van der Waals surface area (Å²) in [5, 5.41) is 0. The molecule has 1 nitrogen and oxygen atoms in total. The minimum atomic E-state index is 0.701. The lowest BCUT2D eigenvalue weighted by Gasteiger charge is -2.19. The molecule has 1 aliphatic carbocycles. The van der Waals surface area contributed by atoms with E-state index in [0.717, 1.165) is 5.92 Å². The van der Waals surface area contributed by atoms with Gasteiger partial charge in [-0.25, -0.2) is 0 Å². The lowest BCUT2D eigenvalue weighted by atomic mass is 9.87. The summed E-state index contributed by atoms with van der Waals surface area (Å²) in [6, 6.07) is 0. The standard InChI is InChI=1S/C10H19N/c11-9-5-4-8-10-6-2-1-3-7-10/h4-5,10H,1-3,6-9,11H2/b5-4+. The van der Waals surface area contributed by atoms with E-state index in [2.05, 4.69) is 12.2 Å². The molecule has 2 N–H and O–H groups in total. The zero-order chi connectivity index (χ0) is 7.94. The largest absolute Gasteiger partial charge is 0.327 e. The van der Waals surface area contributed by atoms with E-state index in [1.54, 1.807) is 0 Å². The Kier molecular flexibility index (Phi) is 4.29. The third-order valence-electron chi connectivity index (χ3n) is 2.50. The highest BCUT2D eigenvalue weighted by Crippen LogP contribution is 2.26. The summed E-state index contributed by atoms with van der Waals surface area (Å²) >= 11 is 0. The molecule has 1 aliphatic rings. The van der Waals surface area contributed by atoms with Gasteiger partial charge in [0.05, 0.1) is 0 Å². The van der Waals surface area contributed by atoms with Crippen molar-refractivity contribution in [1.82, 2.24) is 0 Å². The molecule has 1 heteroatoms. The van der Waals surface area contributed by atoms with Gasteiger partial charge in [0.2, 0.25) is 0 Å². The van der Waals surface area contributed by atoms with Crippen LogP contribution in [-0.4, -0.2) is 6.54 Å². The highest BCUT2D eigenvalue weighted by atomic mass is 14.5. The first-order valence-corrected chi connectivity index (χ1v) is 4.78. The molecule has 0 aromatic rings. The number of allylic oxidation sites excluding steroid dienone is 1. The van der Waals surface area contributed by atoms with Gasteiger partial charge in [-0.05, 0) is 12.3 Å². The lowest BCUT2D eigenvalue weighted by molar-refractivity contribution is 0.361. The number of nitrogens with two attached hydrogens (primary N) is 1. The molecule has 0 spiro atoms. The van der Waals surface area contributed by atoms with Crippen LogP contribution in [-0.2, 0) is 0 Å². The highest BCUT2D eigenvalue weighted by Gasteiger charge is 2.10. The molecular weight excluding hydrogens is 134 g/mol. The molecule has 1 fully saturated rings. The maximum atomic E-state index is 5.36. The fraction of sp³-hybridized carbons (Fsp3) is 0.800. The molecule has 0 atom stereocenters. The van der Waals surface area contributed by atoms with Crippen LogP contribution in [0.2, 0.25) is 0 Å². The molecule has 0 aromatic heterocycles. The van der Waals surface area contributed by atoms with Crippen molar-refractivity contribution < 1.29 is 0 Å². The Morgan fingerprint density at radius 3 is 2.45 bits per heavy atom. The summed E-state index contributed by atoms with van der Waals surface area (Å²) in [5.41, 5.74) is 5.36. The first-order chi connectivity index (χ1) is 5.43. The second-order valence-electron chi connectivity index (χ2n) is 3.45. The van der Waals surface area contributed by atoms with Gasteiger partial charge in [-0.1, -0.05) is 44.3 Å². The van der Waals surface area contributed by atoms with E-state index < -0.39 is 0 Å². The topological polar surface area (TPSA) is 26.0 Å². The molecule has 0 aromatic carbocycles. The second-order valence-corrected chi connectivity index (χ2v) is 3.45. The summed E-state index contributed by atoms with van der Waals surface area (Å²) < 4.78 is 0. The van der Waals surface area contributed by atoms with E-state index in [9.17, 15) is 0 Å². The molecule has 0 aliphatic heterocycles. The van der Waals surface area contributed by atoms with Crippen LogP contribution in [0.1, 0.15) is 38.5 Å². The van der Waals surface area contributed by atoms with E-state index >= 15 is 0 Å². The van der Waals surface area contributed by atoms with Gasteiger partial charge in [-0.15, -0.1) is 0 Å². The summed E-state index contributed by atoms with van der Waals surface area (Å²) in [7, 11) is 0. The lowest BCUT2D eigenvalue weighted by Crippen LogP contribution is -2.04. The molecule has 1 rings (SSSR count). The van der Waals surface area contributed by atoms with Crippen molar-refractivity contribution in [3.8, 4) is 0 Å². The van der Waals surface area contributed by atoms with Gasteiger partial charge in [0.1, 0.15) is 0 Å². The Bertz CT molecular complexity index is 112. The maximum absolute atomic E-state index is 5.36. The summed E-state index contributed by atoms with van der Waals surface area (Å²) in [5.74, 6) is 0.964. The van der Waals surface area contributed by atoms with Crippen LogP contribution in [0.3, 0.4) is 0 Å². The minimum absolute atomic E-state index is 0.701. The molecule has 0 saturated heterocycles. The maximum Gasteiger partial charge on any atom is 0.0106 e. The van der Waals surface area contributed by atoms with E-state index in [-0.39, 0.29) is 0 Å².